The topological polar surface area (TPSA) is 67.6 Å². The molecule has 1 aliphatic rings. The molecular weight excluding hydrogens is 397 g/mol. The first kappa shape index (κ1) is 24.2. The average Bonchev–Trinajstić information content (AvgIpc) is 3.17. The molecule has 0 aromatic heterocycles. The number of hydrogen-bond donors (Lipinski definition) is 2. The Hall–Kier alpha value is -1.79. The van der Waals surface area contributed by atoms with Crippen LogP contribution in [0.3, 0.4) is 0 Å². The fourth-order valence-electron chi connectivity index (χ4n) is 3.21. The molecule has 1 unspecified atom stereocenters. The van der Waals surface area contributed by atoms with E-state index in [0.29, 0.717) is 6.61 Å². The molecule has 1 heterocycles. The van der Waals surface area contributed by atoms with E-state index in [1.807, 2.05) is 55.5 Å². The van der Waals surface area contributed by atoms with Gasteiger partial charge in [0.15, 0.2) is 0 Å². The summed E-state index contributed by atoms with van der Waals surface area (Å²) in [6, 6.07) is 14.4. The number of rotatable bonds is 7. The first-order chi connectivity index (χ1) is 12.6. The highest BCUT2D eigenvalue weighted by atomic mass is 35.5. The molecule has 28 heavy (non-hydrogen) atoms. The van der Waals surface area contributed by atoms with Crippen molar-refractivity contribution in [1.82, 2.24) is 4.90 Å². The molecule has 3 N–H and O–H groups in total. The molecule has 7 heteroatoms. The summed E-state index contributed by atoms with van der Waals surface area (Å²) in [5, 5.41) is 2.88. The summed E-state index contributed by atoms with van der Waals surface area (Å²) in [5.41, 5.74) is 8.56. The number of ether oxygens (including phenoxy) is 1. The van der Waals surface area contributed by atoms with Gasteiger partial charge in [-0.15, -0.1) is 24.8 Å². The van der Waals surface area contributed by atoms with Gasteiger partial charge in [0.05, 0.1) is 0 Å². The first-order valence-electron chi connectivity index (χ1n) is 9.21. The van der Waals surface area contributed by atoms with Crippen molar-refractivity contribution in [1.29, 1.82) is 0 Å². The summed E-state index contributed by atoms with van der Waals surface area (Å²) < 4.78 is 5.90. The van der Waals surface area contributed by atoms with Crippen molar-refractivity contribution in [2.45, 2.75) is 25.8 Å². The van der Waals surface area contributed by atoms with Gasteiger partial charge in [0.2, 0.25) is 5.91 Å². The van der Waals surface area contributed by atoms with Gasteiger partial charge in [-0.25, -0.2) is 0 Å². The van der Waals surface area contributed by atoms with E-state index in [9.17, 15) is 4.79 Å². The Balaban J connectivity index is 0.00000196. The molecule has 1 atom stereocenters. The lowest BCUT2D eigenvalue weighted by Crippen LogP contribution is -2.27. The van der Waals surface area contributed by atoms with E-state index in [2.05, 4.69) is 10.2 Å². The minimum Gasteiger partial charge on any atom is -0.492 e. The molecule has 0 radical (unpaired) electrons. The Morgan fingerprint density at radius 2 is 1.82 bits per heavy atom. The Morgan fingerprint density at radius 1 is 1.14 bits per heavy atom. The van der Waals surface area contributed by atoms with Gasteiger partial charge in [-0.2, -0.15) is 0 Å². The minimum atomic E-state index is -0.687. The maximum absolute atomic E-state index is 12.4. The highest BCUT2D eigenvalue weighted by molar-refractivity contribution is 5.95. The normalized spacial score (nSPS) is 14.5. The zero-order chi connectivity index (χ0) is 18.4. The third-order valence-corrected chi connectivity index (χ3v) is 4.75. The zero-order valence-electron chi connectivity index (χ0n) is 16.1. The van der Waals surface area contributed by atoms with Gasteiger partial charge in [0, 0.05) is 12.2 Å². The molecule has 0 saturated carbocycles. The second-order valence-corrected chi connectivity index (χ2v) is 6.76. The summed E-state index contributed by atoms with van der Waals surface area (Å²) in [6.45, 7) is 5.98. The molecule has 1 fully saturated rings. The monoisotopic (exact) mass is 425 g/mol. The van der Waals surface area contributed by atoms with Crippen LogP contribution in [0.4, 0.5) is 5.69 Å². The quantitative estimate of drug-likeness (QED) is 0.704. The van der Waals surface area contributed by atoms with Crippen LogP contribution in [0.1, 0.15) is 30.0 Å². The molecule has 1 saturated heterocycles. The van der Waals surface area contributed by atoms with E-state index in [1.165, 1.54) is 25.9 Å². The maximum atomic E-state index is 12.4. The first-order valence-corrected chi connectivity index (χ1v) is 9.21. The average molecular weight is 426 g/mol. The third kappa shape index (κ3) is 6.67. The summed E-state index contributed by atoms with van der Waals surface area (Å²) in [4.78, 5) is 14.8. The number of carbonyl (C=O) groups excluding carboxylic acids is 1. The molecule has 0 spiro atoms. The van der Waals surface area contributed by atoms with Crippen molar-refractivity contribution >= 4 is 36.4 Å². The van der Waals surface area contributed by atoms with E-state index in [-0.39, 0.29) is 30.7 Å². The van der Waals surface area contributed by atoms with Gasteiger partial charge in [0.1, 0.15) is 18.4 Å². The molecule has 5 nitrogen and oxygen atoms in total. The molecule has 154 valence electrons. The van der Waals surface area contributed by atoms with Gasteiger partial charge < -0.3 is 15.8 Å². The molecule has 2 aromatic carbocycles. The SMILES string of the molecule is Cc1cc(NC(=O)C(N)c2ccccc2)ccc1OCCN1CCCC1.Cl.Cl. The van der Waals surface area contributed by atoms with Crippen molar-refractivity contribution in [3.05, 3.63) is 59.7 Å². The molecular formula is C21H29Cl2N3O2. The van der Waals surface area contributed by atoms with Crippen LogP contribution in [-0.4, -0.2) is 37.0 Å². The minimum absolute atomic E-state index is 0. The van der Waals surface area contributed by atoms with E-state index < -0.39 is 6.04 Å². The smallest absolute Gasteiger partial charge is 0.245 e. The number of benzene rings is 2. The van der Waals surface area contributed by atoms with E-state index >= 15 is 0 Å². The number of halogens is 2. The highest BCUT2D eigenvalue weighted by Gasteiger charge is 2.16. The van der Waals surface area contributed by atoms with E-state index in [1.54, 1.807) is 0 Å². The molecule has 0 aliphatic carbocycles. The number of amides is 1. The van der Waals surface area contributed by atoms with E-state index in [4.69, 9.17) is 10.5 Å². The predicted octanol–water partition coefficient (Wildman–Crippen LogP) is 3.95. The highest BCUT2D eigenvalue weighted by Crippen LogP contribution is 2.23. The molecule has 1 amide bonds. The lowest BCUT2D eigenvalue weighted by molar-refractivity contribution is -0.117. The Kier molecular flexibility index (Phi) is 10.3. The van der Waals surface area contributed by atoms with Crippen LogP contribution >= 0.6 is 24.8 Å². The van der Waals surface area contributed by atoms with E-state index in [0.717, 1.165) is 29.1 Å². The number of nitrogens with one attached hydrogen (secondary N) is 1. The summed E-state index contributed by atoms with van der Waals surface area (Å²) >= 11 is 0. The van der Waals surface area contributed by atoms with Gasteiger partial charge in [0.25, 0.3) is 0 Å². The second-order valence-electron chi connectivity index (χ2n) is 6.76. The van der Waals surface area contributed by atoms with Crippen molar-refractivity contribution in [3.8, 4) is 5.75 Å². The van der Waals surface area contributed by atoms with Gasteiger partial charge in [-0.05, 0) is 62.2 Å². The Bertz CT molecular complexity index is 738. The molecule has 3 rings (SSSR count). The fourth-order valence-corrected chi connectivity index (χ4v) is 3.21. The summed E-state index contributed by atoms with van der Waals surface area (Å²) in [7, 11) is 0. The number of anilines is 1. The number of carbonyl (C=O) groups is 1. The Morgan fingerprint density at radius 3 is 2.46 bits per heavy atom. The van der Waals surface area contributed by atoms with Crippen LogP contribution in [0, 0.1) is 6.92 Å². The largest absolute Gasteiger partial charge is 0.492 e. The summed E-state index contributed by atoms with van der Waals surface area (Å²) in [5.74, 6) is 0.632. The van der Waals surface area contributed by atoms with Crippen LogP contribution in [0.15, 0.2) is 48.5 Å². The van der Waals surface area contributed by atoms with Crippen molar-refractivity contribution in [3.63, 3.8) is 0 Å². The number of nitrogens with zero attached hydrogens (tertiary/aromatic N) is 1. The van der Waals surface area contributed by atoms with Crippen LogP contribution in [0.2, 0.25) is 0 Å². The van der Waals surface area contributed by atoms with Gasteiger partial charge in [-0.3, -0.25) is 9.69 Å². The number of aryl methyl sites for hydroxylation is 1. The van der Waals surface area contributed by atoms with Crippen molar-refractivity contribution in [2.24, 2.45) is 5.73 Å². The molecule has 2 aromatic rings. The number of hydrogen-bond acceptors (Lipinski definition) is 4. The lowest BCUT2D eigenvalue weighted by Gasteiger charge is -2.17. The lowest BCUT2D eigenvalue weighted by atomic mass is 10.1. The summed E-state index contributed by atoms with van der Waals surface area (Å²) in [6.07, 6.45) is 2.58. The van der Waals surface area contributed by atoms with Crippen LogP contribution in [0.5, 0.6) is 5.75 Å². The molecule has 1 aliphatic heterocycles. The standard InChI is InChI=1S/C21H27N3O2.2ClH/c1-16-15-18(23-21(25)20(22)17-7-3-2-4-8-17)9-10-19(16)26-14-13-24-11-5-6-12-24;;/h2-4,7-10,15,20H,5-6,11-14,22H2,1H3,(H,23,25);2*1H. The van der Waals surface area contributed by atoms with Crippen molar-refractivity contribution in [2.75, 3.05) is 31.6 Å². The Labute approximate surface area is 179 Å². The predicted molar refractivity (Wildman–Crippen MR) is 119 cm³/mol. The van der Waals surface area contributed by atoms with Crippen LogP contribution < -0.4 is 15.8 Å². The van der Waals surface area contributed by atoms with Crippen molar-refractivity contribution < 1.29 is 9.53 Å². The number of likely N-dealkylation sites (tertiary alicyclic amines) is 1. The number of nitrogens with two attached hydrogens (primary N) is 1. The fraction of sp³-hybridized carbons (Fsp3) is 0.381. The van der Waals surface area contributed by atoms with Gasteiger partial charge >= 0.3 is 0 Å². The van der Waals surface area contributed by atoms with Gasteiger partial charge in [-0.1, -0.05) is 30.3 Å². The third-order valence-electron chi connectivity index (χ3n) is 4.75. The van der Waals surface area contributed by atoms with Crippen LogP contribution in [0.25, 0.3) is 0 Å². The van der Waals surface area contributed by atoms with Crippen LogP contribution in [-0.2, 0) is 4.79 Å². The second kappa shape index (κ2) is 11.9. The molecule has 0 bridgehead atoms. The zero-order valence-corrected chi connectivity index (χ0v) is 17.7. The maximum Gasteiger partial charge on any atom is 0.245 e.